The molecule has 1 aliphatic rings. The van der Waals surface area contributed by atoms with E-state index in [0.717, 1.165) is 12.8 Å². The van der Waals surface area contributed by atoms with Gasteiger partial charge in [0, 0.05) is 12.6 Å². The minimum atomic E-state index is -0.219. The molecule has 0 saturated heterocycles. The Morgan fingerprint density at radius 3 is 2.93 bits per heavy atom. The van der Waals surface area contributed by atoms with E-state index in [4.69, 9.17) is 11.6 Å². The predicted molar refractivity (Wildman–Crippen MR) is 60.4 cm³/mol. The molecule has 4 nitrogen and oxygen atoms in total. The van der Waals surface area contributed by atoms with Crippen LogP contribution in [0.25, 0.3) is 0 Å². The molecule has 1 fully saturated rings. The summed E-state index contributed by atoms with van der Waals surface area (Å²) in [5.74, 6) is 0. The van der Waals surface area contributed by atoms with E-state index < -0.39 is 0 Å². The summed E-state index contributed by atoms with van der Waals surface area (Å²) in [5.41, 5.74) is 0.444. The molecule has 0 amide bonds. The molecule has 1 aromatic rings. The van der Waals surface area contributed by atoms with Crippen LogP contribution in [0.1, 0.15) is 26.2 Å². The van der Waals surface area contributed by atoms with E-state index in [9.17, 15) is 4.79 Å². The summed E-state index contributed by atoms with van der Waals surface area (Å²) in [6.45, 7) is 2.41. The van der Waals surface area contributed by atoms with Crippen LogP contribution in [0.3, 0.4) is 0 Å². The molecule has 0 aromatic carbocycles. The Morgan fingerprint density at radius 2 is 2.40 bits per heavy atom. The molecule has 0 atom stereocenters. The van der Waals surface area contributed by atoms with Crippen LogP contribution in [0.2, 0.25) is 5.02 Å². The molecule has 2 rings (SSSR count). The Labute approximate surface area is 93.2 Å². The highest BCUT2D eigenvalue weighted by atomic mass is 35.5. The largest absolute Gasteiger partial charge is 0.380 e. The van der Waals surface area contributed by atoms with Crippen LogP contribution in [0.15, 0.2) is 11.0 Å². The lowest BCUT2D eigenvalue weighted by molar-refractivity contribution is 0.445. The smallest absolute Gasteiger partial charge is 0.287 e. The van der Waals surface area contributed by atoms with Gasteiger partial charge >= 0.3 is 0 Å². The molecular weight excluding hydrogens is 214 g/mol. The van der Waals surface area contributed by atoms with Gasteiger partial charge in [0.05, 0.1) is 11.9 Å². The molecule has 1 N–H and O–H groups in total. The average Bonchev–Trinajstić information content (AvgIpc) is 2.18. The summed E-state index contributed by atoms with van der Waals surface area (Å²) < 4.78 is 1.36. The number of hydrogen-bond donors (Lipinski definition) is 1. The highest BCUT2D eigenvalue weighted by Crippen LogP contribution is 2.25. The summed E-state index contributed by atoms with van der Waals surface area (Å²) in [4.78, 5) is 11.6. The molecule has 1 aliphatic carbocycles. The van der Waals surface area contributed by atoms with Gasteiger partial charge in [-0.2, -0.15) is 5.10 Å². The van der Waals surface area contributed by atoms with E-state index >= 15 is 0 Å². The summed E-state index contributed by atoms with van der Waals surface area (Å²) >= 11 is 5.97. The molecule has 5 heteroatoms. The van der Waals surface area contributed by atoms with Crippen molar-refractivity contribution in [2.75, 3.05) is 5.32 Å². The van der Waals surface area contributed by atoms with Gasteiger partial charge in [0.25, 0.3) is 5.56 Å². The molecule has 1 aromatic heterocycles. The predicted octanol–water partition coefficient (Wildman–Crippen LogP) is 1.88. The highest BCUT2D eigenvalue weighted by Gasteiger charge is 2.19. The van der Waals surface area contributed by atoms with Crippen molar-refractivity contribution in [2.45, 2.75) is 38.8 Å². The van der Waals surface area contributed by atoms with E-state index in [1.165, 1.54) is 11.1 Å². The fourth-order valence-electron chi connectivity index (χ4n) is 1.56. The molecule has 0 bridgehead atoms. The fourth-order valence-corrected chi connectivity index (χ4v) is 1.76. The zero-order valence-electron chi connectivity index (χ0n) is 8.66. The molecule has 0 spiro atoms. The second kappa shape index (κ2) is 4.23. The Hall–Kier alpha value is -1.03. The first-order chi connectivity index (χ1) is 7.22. The van der Waals surface area contributed by atoms with Crippen LogP contribution >= 0.6 is 11.6 Å². The minimum absolute atomic E-state index is 0.219. The molecule has 15 heavy (non-hydrogen) atoms. The van der Waals surface area contributed by atoms with Crippen molar-refractivity contribution >= 4 is 17.3 Å². The Morgan fingerprint density at radius 1 is 1.67 bits per heavy atom. The number of hydrogen-bond acceptors (Lipinski definition) is 3. The number of nitrogens with one attached hydrogen (secondary N) is 1. The maximum atomic E-state index is 11.6. The minimum Gasteiger partial charge on any atom is -0.380 e. The second-order valence-corrected chi connectivity index (χ2v) is 4.14. The van der Waals surface area contributed by atoms with Crippen LogP contribution in [0.5, 0.6) is 0 Å². The molecule has 1 saturated carbocycles. The fraction of sp³-hybridized carbons (Fsp3) is 0.600. The van der Waals surface area contributed by atoms with Gasteiger partial charge in [-0.3, -0.25) is 4.79 Å². The van der Waals surface area contributed by atoms with Crippen molar-refractivity contribution in [3.8, 4) is 0 Å². The maximum absolute atomic E-state index is 11.6. The lowest BCUT2D eigenvalue weighted by atomic mass is 9.93. The molecular formula is C10H14ClN3O. The van der Waals surface area contributed by atoms with Crippen LogP contribution in [-0.2, 0) is 6.54 Å². The van der Waals surface area contributed by atoms with Gasteiger partial charge < -0.3 is 5.32 Å². The van der Waals surface area contributed by atoms with Crippen molar-refractivity contribution < 1.29 is 0 Å². The quantitative estimate of drug-likeness (QED) is 0.858. The standard InChI is InChI=1S/C10H14ClN3O/c1-2-14-10(15)9(11)8(6-12-14)13-7-4-3-5-7/h6-7,13H,2-5H2,1H3. The number of rotatable bonds is 3. The van der Waals surface area contributed by atoms with Gasteiger partial charge in [0.15, 0.2) is 0 Å². The summed E-state index contributed by atoms with van der Waals surface area (Å²) in [6.07, 6.45) is 5.17. The number of anilines is 1. The lowest BCUT2D eigenvalue weighted by Crippen LogP contribution is -2.30. The molecule has 1 heterocycles. The second-order valence-electron chi connectivity index (χ2n) is 3.77. The lowest BCUT2D eigenvalue weighted by Gasteiger charge is -2.27. The number of nitrogens with zero attached hydrogens (tertiary/aromatic N) is 2. The Balaban J connectivity index is 2.24. The first-order valence-corrected chi connectivity index (χ1v) is 5.62. The first kappa shape index (κ1) is 10.5. The van der Waals surface area contributed by atoms with Crippen LogP contribution < -0.4 is 10.9 Å². The average molecular weight is 228 g/mol. The van der Waals surface area contributed by atoms with E-state index in [-0.39, 0.29) is 10.6 Å². The summed E-state index contributed by atoms with van der Waals surface area (Å²) in [5, 5.41) is 7.51. The van der Waals surface area contributed by atoms with E-state index in [0.29, 0.717) is 18.3 Å². The maximum Gasteiger partial charge on any atom is 0.287 e. The molecule has 82 valence electrons. The summed E-state index contributed by atoms with van der Waals surface area (Å²) in [7, 11) is 0. The molecule has 0 unspecified atom stereocenters. The Bertz CT molecular complexity index is 412. The van der Waals surface area contributed by atoms with Gasteiger partial charge in [0.1, 0.15) is 5.02 Å². The van der Waals surface area contributed by atoms with E-state index in [1.807, 2.05) is 6.92 Å². The van der Waals surface area contributed by atoms with Crippen molar-refractivity contribution in [1.29, 1.82) is 0 Å². The zero-order chi connectivity index (χ0) is 10.8. The number of aromatic nitrogens is 2. The highest BCUT2D eigenvalue weighted by molar-refractivity contribution is 6.32. The number of halogens is 1. The van der Waals surface area contributed by atoms with Crippen molar-refractivity contribution in [1.82, 2.24) is 9.78 Å². The van der Waals surface area contributed by atoms with Crippen LogP contribution in [0.4, 0.5) is 5.69 Å². The van der Waals surface area contributed by atoms with Crippen LogP contribution in [-0.4, -0.2) is 15.8 Å². The van der Waals surface area contributed by atoms with Gasteiger partial charge in [-0.25, -0.2) is 4.68 Å². The Kier molecular flexibility index (Phi) is 2.95. The van der Waals surface area contributed by atoms with Crippen molar-refractivity contribution in [2.24, 2.45) is 0 Å². The summed E-state index contributed by atoms with van der Waals surface area (Å²) in [6, 6.07) is 0.459. The third-order valence-electron chi connectivity index (χ3n) is 2.75. The van der Waals surface area contributed by atoms with E-state index in [2.05, 4.69) is 10.4 Å². The first-order valence-electron chi connectivity index (χ1n) is 5.24. The normalized spacial score (nSPS) is 16.1. The van der Waals surface area contributed by atoms with Crippen molar-refractivity contribution in [3.63, 3.8) is 0 Å². The third-order valence-corrected chi connectivity index (χ3v) is 3.11. The topological polar surface area (TPSA) is 46.9 Å². The molecule has 0 radical (unpaired) electrons. The zero-order valence-corrected chi connectivity index (χ0v) is 9.42. The van der Waals surface area contributed by atoms with Crippen molar-refractivity contribution in [3.05, 3.63) is 21.6 Å². The van der Waals surface area contributed by atoms with E-state index in [1.54, 1.807) is 6.20 Å². The van der Waals surface area contributed by atoms with Gasteiger partial charge in [0.2, 0.25) is 0 Å². The monoisotopic (exact) mass is 227 g/mol. The SMILES string of the molecule is CCn1ncc(NC2CCC2)c(Cl)c1=O. The van der Waals surface area contributed by atoms with Gasteiger partial charge in [-0.05, 0) is 26.2 Å². The van der Waals surface area contributed by atoms with Crippen LogP contribution in [0, 0.1) is 0 Å². The molecule has 0 aliphatic heterocycles. The van der Waals surface area contributed by atoms with Gasteiger partial charge in [-0.15, -0.1) is 0 Å². The third kappa shape index (κ3) is 2.00. The number of aryl methyl sites for hydroxylation is 1. The van der Waals surface area contributed by atoms with Gasteiger partial charge in [-0.1, -0.05) is 11.6 Å².